The van der Waals surface area contributed by atoms with Crippen molar-refractivity contribution in [1.29, 1.82) is 0 Å². The summed E-state index contributed by atoms with van der Waals surface area (Å²) in [4.78, 5) is -0.0800. The Balaban J connectivity index is 3.07. The zero-order chi connectivity index (χ0) is 19.1. The van der Waals surface area contributed by atoms with Crippen LogP contribution in [-0.4, -0.2) is 45.8 Å². The lowest BCUT2D eigenvalue weighted by Gasteiger charge is -2.51. The van der Waals surface area contributed by atoms with Crippen molar-refractivity contribution in [2.75, 3.05) is 13.2 Å². The van der Waals surface area contributed by atoms with Gasteiger partial charge in [0.15, 0.2) is 0 Å². The third kappa shape index (κ3) is 6.13. The van der Waals surface area contributed by atoms with Crippen molar-refractivity contribution in [2.24, 2.45) is 0 Å². The van der Waals surface area contributed by atoms with Crippen LogP contribution in [0.4, 0.5) is 0 Å². The topological polar surface area (TPSA) is 21.8 Å². The number of halogens is 12. The van der Waals surface area contributed by atoms with Crippen LogP contribution in [0.2, 0.25) is 0 Å². The van der Waals surface area contributed by atoms with Crippen molar-refractivity contribution in [2.45, 2.75) is 32.6 Å². The summed E-state index contributed by atoms with van der Waals surface area (Å²) in [5.74, 6) is 0. The predicted octanol–water partition coefficient (Wildman–Crippen LogP) is 8.95. The Morgan fingerprint density at radius 1 is 0.833 bits per heavy atom. The van der Waals surface area contributed by atoms with Gasteiger partial charge in [-0.3, -0.25) is 0 Å². The van der Waals surface area contributed by atoms with E-state index in [1.54, 1.807) is 0 Å². The van der Waals surface area contributed by atoms with Crippen molar-refractivity contribution < 1.29 is 9.47 Å². The molecule has 14 heteroatoms. The van der Waals surface area contributed by atoms with Gasteiger partial charge in [-0.1, -0.05) is 191 Å². The van der Waals surface area contributed by atoms with Gasteiger partial charge in [-0.05, 0) is 0 Å². The van der Waals surface area contributed by atoms with Crippen molar-refractivity contribution in [3.63, 3.8) is 0 Å². The Kier molecular flexibility index (Phi) is 12.2. The standard InChI is InChI=1S/C10H8Br12O2/c11-4(5(12)13)7(15,16)9(19,20)10(21,22)8(17,18)6(14)24-2-3-1-23-3/h3-6H,1-2H2. The van der Waals surface area contributed by atoms with E-state index < -0.39 is 17.9 Å². The van der Waals surface area contributed by atoms with Crippen molar-refractivity contribution in [3.05, 3.63) is 0 Å². The van der Waals surface area contributed by atoms with E-state index in [1.807, 2.05) is 0 Å². The molecule has 24 heavy (non-hydrogen) atoms. The highest BCUT2D eigenvalue weighted by Gasteiger charge is 2.68. The first-order chi connectivity index (χ1) is 10.6. The number of hydrogen-bond acceptors (Lipinski definition) is 2. The summed E-state index contributed by atoms with van der Waals surface area (Å²) in [6, 6.07) is 0. The maximum absolute atomic E-state index is 5.87. The van der Waals surface area contributed by atoms with E-state index in [2.05, 4.69) is 191 Å². The summed E-state index contributed by atoms with van der Waals surface area (Å²) >= 11 is 44.4. The summed E-state index contributed by atoms with van der Waals surface area (Å²) in [7, 11) is 0. The molecule has 0 amide bonds. The largest absolute Gasteiger partial charge is 0.371 e. The molecule has 144 valence electrons. The van der Waals surface area contributed by atoms with E-state index in [0.29, 0.717) is 6.61 Å². The lowest BCUT2D eigenvalue weighted by Crippen LogP contribution is -2.61. The van der Waals surface area contributed by atoms with Gasteiger partial charge >= 0.3 is 0 Å². The highest BCUT2D eigenvalue weighted by molar-refractivity contribution is 9.35. The minimum atomic E-state index is -0.813. The fourth-order valence-electron chi connectivity index (χ4n) is 1.35. The van der Waals surface area contributed by atoms with Crippen LogP contribution in [0.15, 0.2) is 0 Å². The second kappa shape index (κ2) is 10.5. The van der Waals surface area contributed by atoms with Gasteiger partial charge in [-0.2, -0.15) is 0 Å². The Labute approximate surface area is 242 Å². The number of hydrogen-bond donors (Lipinski definition) is 0. The van der Waals surface area contributed by atoms with Crippen LogP contribution in [0.5, 0.6) is 0 Å². The summed E-state index contributed by atoms with van der Waals surface area (Å²) < 4.78 is 7.99. The van der Waals surface area contributed by atoms with Gasteiger partial charge in [0.2, 0.25) is 0 Å². The molecule has 1 aliphatic rings. The smallest absolute Gasteiger partial charge is 0.144 e. The number of epoxide rings is 1. The maximum Gasteiger partial charge on any atom is 0.144 e. The van der Waals surface area contributed by atoms with Gasteiger partial charge in [0, 0.05) is 0 Å². The normalized spacial score (nSPS) is 22.6. The van der Waals surface area contributed by atoms with Gasteiger partial charge in [-0.15, -0.1) is 0 Å². The average Bonchev–Trinajstić information content (AvgIpc) is 3.26. The van der Waals surface area contributed by atoms with E-state index in [-0.39, 0.29) is 14.7 Å². The number of alkyl halides is 12. The van der Waals surface area contributed by atoms with Crippen LogP contribution in [0.1, 0.15) is 0 Å². The van der Waals surface area contributed by atoms with Gasteiger partial charge in [0.1, 0.15) is 24.1 Å². The molecule has 0 aliphatic carbocycles. The quantitative estimate of drug-likeness (QED) is 0.170. The van der Waals surface area contributed by atoms with Gasteiger partial charge in [0.25, 0.3) is 0 Å². The van der Waals surface area contributed by atoms with Gasteiger partial charge in [0.05, 0.1) is 21.8 Å². The van der Waals surface area contributed by atoms with Gasteiger partial charge < -0.3 is 9.47 Å². The molecule has 1 rings (SSSR count). The molecule has 3 unspecified atom stereocenters. The molecule has 0 N–H and O–H groups in total. The molecule has 0 aromatic heterocycles. The molecule has 0 radical (unpaired) electrons. The molecule has 0 saturated carbocycles. The molecule has 2 nitrogen and oxygen atoms in total. The molecule has 0 spiro atoms. The summed E-state index contributed by atoms with van der Waals surface area (Å²) in [6.07, 6.45) is 0.166. The van der Waals surface area contributed by atoms with E-state index in [9.17, 15) is 0 Å². The summed E-state index contributed by atoms with van der Waals surface area (Å²) in [5.41, 5.74) is 0. The summed E-state index contributed by atoms with van der Waals surface area (Å²) in [5, 5.41) is -0.393. The minimum absolute atomic E-state index is 0.0166. The monoisotopic (exact) mass is 1110 g/mol. The van der Waals surface area contributed by atoms with Crippen molar-refractivity contribution in [3.8, 4) is 0 Å². The van der Waals surface area contributed by atoms with E-state index in [4.69, 9.17) is 9.47 Å². The first-order valence-electron chi connectivity index (χ1n) is 5.91. The van der Waals surface area contributed by atoms with Crippen LogP contribution in [0.25, 0.3) is 0 Å². The van der Waals surface area contributed by atoms with Crippen molar-refractivity contribution >= 4 is 191 Å². The van der Waals surface area contributed by atoms with Gasteiger partial charge in [-0.25, -0.2) is 0 Å². The minimum Gasteiger partial charge on any atom is -0.371 e. The Morgan fingerprint density at radius 3 is 1.62 bits per heavy atom. The molecule has 1 saturated heterocycles. The molecule has 3 atom stereocenters. The number of ether oxygens (including phenoxy) is 2. The first kappa shape index (κ1) is 27.7. The van der Waals surface area contributed by atoms with Crippen molar-refractivity contribution in [1.82, 2.24) is 0 Å². The van der Waals surface area contributed by atoms with E-state index in [1.165, 1.54) is 0 Å². The fraction of sp³-hybridized carbons (Fsp3) is 1.00. The first-order valence-corrected chi connectivity index (χ1v) is 15.9. The molecule has 0 aromatic carbocycles. The third-order valence-corrected chi connectivity index (χ3v) is 25.5. The maximum atomic E-state index is 5.87. The van der Waals surface area contributed by atoms with Crippen LogP contribution >= 0.6 is 191 Å². The highest BCUT2D eigenvalue weighted by Crippen LogP contribution is 2.69. The van der Waals surface area contributed by atoms with E-state index in [0.717, 1.165) is 6.61 Å². The SMILES string of the molecule is BrC(Br)C(Br)C(Br)(Br)C(Br)(Br)C(Br)(Br)C(Br)(Br)C(Br)OCC1CO1. The lowest BCUT2D eigenvalue weighted by atomic mass is 10.1. The highest BCUT2D eigenvalue weighted by atomic mass is 79.9. The molecular weight excluding hydrogens is 1110 g/mol. The lowest BCUT2D eigenvalue weighted by molar-refractivity contribution is 0.0946. The third-order valence-electron chi connectivity index (χ3n) is 2.92. The summed E-state index contributed by atoms with van der Waals surface area (Å²) in [6.45, 7) is 1.24. The zero-order valence-corrected chi connectivity index (χ0v) is 30.1. The average molecular weight is 1120 g/mol. The second-order valence-electron chi connectivity index (χ2n) is 4.74. The Hall–Kier alpha value is 5.68. The molecule has 1 aliphatic heterocycles. The Bertz CT molecular complexity index is 436. The fourth-order valence-corrected chi connectivity index (χ4v) is 11.9. The second-order valence-corrected chi connectivity index (χ2v) is 23.8. The Morgan fingerprint density at radius 2 is 1.25 bits per heavy atom. The van der Waals surface area contributed by atoms with E-state index >= 15 is 0 Å². The zero-order valence-electron chi connectivity index (χ0n) is 11.1. The molecular formula is C10H8Br12O2. The van der Waals surface area contributed by atoms with Crippen LogP contribution in [0.3, 0.4) is 0 Å². The van der Waals surface area contributed by atoms with Crippen LogP contribution in [-0.2, 0) is 9.47 Å². The molecule has 1 fully saturated rings. The molecule has 1 heterocycles. The van der Waals surface area contributed by atoms with Crippen LogP contribution in [0, 0.1) is 0 Å². The van der Waals surface area contributed by atoms with Crippen LogP contribution < -0.4 is 0 Å². The predicted molar refractivity (Wildman–Crippen MR) is 145 cm³/mol. The number of rotatable bonds is 9. The molecule has 0 aromatic rings. The molecule has 0 bridgehead atoms.